The molecule has 0 fully saturated rings. The maximum Gasteiger partial charge on any atom is 0.258 e. The molecule has 170 valence electrons. The van der Waals surface area contributed by atoms with E-state index in [1.807, 2.05) is 72.5 Å². The summed E-state index contributed by atoms with van der Waals surface area (Å²) in [4.78, 5) is 15.6. The number of methoxy groups -OCH3 is 3. The molecule has 0 atom stereocenters. The molecule has 1 aliphatic carbocycles. The number of allylic oxidation sites excluding steroid dienone is 1. The molecular weight excluding hydrogens is 414 g/mol. The maximum atomic E-state index is 13.7. The highest BCUT2D eigenvalue weighted by atomic mass is 16.5. The molecule has 5 nitrogen and oxygen atoms in total. The number of benzene rings is 3. The van der Waals surface area contributed by atoms with E-state index >= 15 is 0 Å². The van der Waals surface area contributed by atoms with Gasteiger partial charge in [-0.3, -0.25) is 4.79 Å². The van der Waals surface area contributed by atoms with E-state index in [1.165, 1.54) is 5.56 Å². The lowest BCUT2D eigenvalue weighted by Crippen LogP contribution is -2.31. The standard InChI is InChI=1S/C28H29NO4/c1-19-10-11-22(16-25(19)31-2)28(30)29(18-20-8-6-5-7-9-20)24-13-12-21-15-26(32-3)27(33-4)17-23(21)14-24/h5-11,14-17H,12-13,18H2,1-4H3. The molecule has 1 amide bonds. The van der Waals surface area contributed by atoms with E-state index in [-0.39, 0.29) is 5.91 Å². The van der Waals surface area contributed by atoms with E-state index in [9.17, 15) is 4.79 Å². The molecule has 0 radical (unpaired) electrons. The predicted molar refractivity (Wildman–Crippen MR) is 130 cm³/mol. The number of ether oxygens (including phenoxy) is 3. The number of rotatable bonds is 7. The molecule has 0 N–H and O–H groups in total. The van der Waals surface area contributed by atoms with Crippen molar-refractivity contribution < 1.29 is 19.0 Å². The molecule has 0 spiro atoms. The summed E-state index contributed by atoms with van der Waals surface area (Å²) in [6.45, 7) is 2.46. The average molecular weight is 444 g/mol. The zero-order valence-electron chi connectivity index (χ0n) is 19.6. The van der Waals surface area contributed by atoms with Gasteiger partial charge in [0.2, 0.25) is 0 Å². The van der Waals surface area contributed by atoms with Gasteiger partial charge in [0.05, 0.1) is 27.9 Å². The average Bonchev–Trinajstić information content (AvgIpc) is 2.86. The molecule has 0 heterocycles. The van der Waals surface area contributed by atoms with Crippen LogP contribution in [0.2, 0.25) is 0 Å². The highest BCUT2D eigenvalue weighted by Crippen LogP contribution is 2.36. The third kappa shape index (κ3) is 4.72. The first-order chi connectivity index (χ1) is 16.0. The summed E-state index contributed by atoms with van der Waals surface area (Å²) in [7, 11) is 4.90. The molecule has 3 aromatic rings. The van der Waals surface area contributed by atoms with Gasteiger partial charge in [-0.1, -0.05) is 36.4 Å². The molecular formula is C28H29NO4. The maximum absolute atomic E-state index is 13.7. The van der Waals surface area contributed by atoms with Crippen molar-refractivity contribution in [1.29, 1.82) is 0 Å². The highest BCUT2D eigenvalue weighted by Gasteiger charge is 2.24. The van der Waals surface area contributed by atoms with Crippen molar-refractivity contribution in [2.75, 3.05) is 21.3 Å². The first kappa shape index (κ1) is 22.5. The summed E-state index contributed by atoms with van der Waals surface area (Å²) < 4.78 is 16.4. The molecule has 1 aliphatic rings. The smallest absolute Gasteiger partial charge is 0.258 e. The summed E-state index contributed by atoms with van der Waals surface area (Å²) in [5, 5.41) is 0. The van der Waals surface area contributed by atoms with Gasteiger partial charge >= 0.3 is 0 Å². The minimum atomic E-state index is -0.0488. The van der Waals surface area contributed by atoms with E-state index in [0.29, 0.717) is 23.6 Å². The fraction of sp³-hybridized carbons (Fsp3) is 0.250. The number of aryl methyl sites for hydroxylation is 2. The molecule has 0 bridgehead atoms. The lowest BCUT2D eigenvalue weighted by Gasteiger charge is -2.29. The minimum absolute atomic E-state index is 0.0488. The Labute approximate surface area is 195 Å². The number of hydrogen-bond donors (Lipinski definition) is 0. The molecule has 3 aromatic carbocycles. The second-order valence-corrected chi connectivity index (χ2v) is 8.10. The van der Waals surface area contributed by atoms with Gasteiger partial charge < -0.3 is 19.1 Å². The molecule has 0 saturated heterocycles. The third-order valence-electron chi connectivity index (χ3n) is 6.05. The molecule has 5 heteroatoms. The highest BCUT2D eigenvalue weighted by molar-refractivity contribution is 5.96. The Bertz CT molecular complexity index is 1180. The topological polar surface area (TPSA) is 48.0 Å². The van der Waals surface area contributed by atoms with Gasteiger partial charge in [0.1, 0.15) is 5.75 Å². The van der Waals surface area contributed by atoms with Crippen molar-refractivity contribution in [3.05, 3.63) is 94.2 Å². The summed E-state index contributed by atoms with van der Waals surface area (Å²) >= 11 is 0. The van der Waals surface area contributed by atoms with Crippen LogP contribution in [-0.4, -0.2) is 32.1 Å². The van der Waals surface area contributed by atoms with Crippen LogP contribution < -0.4 is 14.2 Å². The lowest BCUT2D eigenvalue weighted by molar-refractivity contribution is 0.0792. The third-order valence-corrected chi connectivity index (χ3v) is 6.05. The summed E-state index contributed by atoms with van der Waals surface area (Å²) in [5.41, 5.74) is 5.87. The number of amides is 1. The Morgan fingerprint density at radius 3 is 2.24 bits per heavy atom. The van der Waals surface area contributed by atoms with Gasteiger partial charge in [-0.2, -0.15) is 0 Å². The summed E-state index contributed by atoms with van der Waals surface area (Å²) in [5.74, 6) is 2.06. The number of carbonyl (C=O) groups excluding carboxylic acids is 1. The number of fused-ring (bicyclic) bond motifs is 1. The fourth-order valence-corrected chi connectivity index (χ4v) is 4.19. The number of carbonyl (C=O) groups is 1. The van der Waals surface area contributed by atoms with Crippen molar-refractivity contribution >= 4 is 12.0 Å². The van der Waals surface area contributed by atoms with Gasteiger partial charge in [-0.05, 0) is 72.4 Å². The first-order valence-corrected chi connectivity index (χ1v) is 11.0. The van der Waals surface area contributed by atoms with Crippen molar-refractivity contribution in [3.8, 4) is 17.2 Å². The Morgan fingerprint density at radius 2 is 1.55 bits per heavy atom. The quantitative estimate of drug-likeness (QED) is 0.473. The Kier molecular flexibility index (Phi) is 6.68. The Hall–Kier alpha value is -3.73. The zero-order valence-corrected chi connectivity index (χ0v) is 19.6. The second-order valence-electron chi connectivity index (χ2n) is 8.10. The van der Waals surface area contributed by atoms with E-state index in [2.05, 4.69) is 6.08 Å². The first-order valence-electron chi connectivity index (χ1n) is 11.0. The van der Waals surface area contributed by atoms with Crippen molar-refractivity contribution in [2.24, 2.45) is 0 Å². The Balaban J connectivity index is 1.75. The minimum Gasteiger partial charge on any atom is -0.496 e. The van der Waals surface area contributed by atoms with E-state index < -0.39 is 0 Å². The van der Waals surface area contributed by atoms with Crippen LogP contribution in [0.1, 0.15) is 39.0 Å². The fourth-order valence-electron chi connectivity index (χ4n) is 4.19. The van der Waals surface area contributed by atoms with Crippen molar-refractivity contribution in [2.45, 2.75) is 26.3 Å². The number of nitrogens with zero attached hydrogens (tertiary/aromatic N) is 1. The van der Waals surface area contributed by atoms with E-state index in [1.54, 1.807) is 21.3 Å². The Morgan fingerprint density at radius 1 is 0.848 bits per heavy atom. The van der Waals surface area contributed by atoms with Crippen LogP contribution in [0.25, 0.3) is 6.08 Å². The van der Waals surface area contributed by atoms with Crippen LogP contribution >= 0.6 is 0 Å². The van der Waals surface area contributed by atoms with Gasteiger partial charge in [0.15, 0.2) is 11.5 Å². The van der Waals surface area contributed by atoms with Crippen LogP contribution in [0.4, 0.5) is 0 Å². The predicted octanol–water partition coefficient (Wildman–Crippen LogP) is 5.65. The summed E-state index contributed by atoms with van der Waals surface area (Å²) in [6, 6.07) is 19.7. The molecule has 4 rings (SSSR count). The molecule has 0 aromatic heterocycles. The zero-order chi connectivity index (χ0) is 23.4. The molecule has 0 unspecified atom stereocenters. The van der Waals surface area contributed by atoms with Crippen LogP contribution in [0.5, 0.6) is 17.2 Å². The lowest BCUT2D eigenvalue weighted by atomic mass is 9.93. The molecule has 0 aliphatic heterocycles. The normalized spacial score (nSPS) is 12.4. The van der Waals surface area contributed by atoms with Gasteiger partial charge in [-0.15, -0.1) is 0 Å². The van der Waals surface area contributed by atoms with Crippen LogP contribution in [0.3, 0.4) is 0 Å². The molecule has 33 heavy (non-hydrogen) atoms. The van der Waals surface area contributed by atoms with Crippen molar-refractivity contribution in [1.82, 2.24) is 4.90 Å². The van der Waals surface area contributed by atoms with Gasteiger partial charge in [0.25, 0.3) is 5.91 Å². The summed E-state index contributed by atoms with van der Waals surface area (Å²) in [6.07, 6.45) is 3.66. The van der Waals surface area contributed by atoms with Crippen molar-refractivity contribution in [3.63, 3.8) is 0 Å². The van der Waals surface area contributed by atoms with Crippen LogP contribution in [0, 0.1) is 6.92 Å². The van der Waals surface area contributed by atoms with Gasteiger partial charge in [0, 0.05) is 11.3 Å². The van der Waals surface area contributed by atoms with Crippen LogP contribution in [0.15, 0.2) is 66.4 Å². The van der Waals surface area contributed by atoms with E-state index in [4.69, 9.17) is 14.2 Å². The SMILES string of the molecule is COc1cc(C(=O)N(Cc2ccccc2)C2=Cc3cc(OC)c(OC)cc3CC2)ccc1C. The second kappa shape index (κ2) is 9.82. The monoisotopic (exact) mass is 443 g/mol. The van der Waals surface area contributed by atoms with E-state index in [0.717, 1.165) is 41.0 Å². The van der Waals surface area contributed by atoms with Crippen LogP contribution in [-0.2, 0) is 13.0 Å². The molecule has 0 saturated carbocycles. The van der Waals surface area contributed by atoms with Gasteiger partial charge in [-0.25, -0.2) is 0 Å². The number of hydrogen-bond acceptors (Lipinski definition) is 4. The largest absolute Gasteiger partial charge is 0.496 e.